The van der Waals surface area contributed by atoms with Gasteiger partial charge in [-0.2, -0.15) is 4.98 Å². The first-order valence-corrected chi connectivity index (χ1v) is 8.46. The van der Waals surface area contributed by atoms with Crippen LogP contribution in [0.3, 0.4) is 0 Å². The molecule has 0 saturated carbocycles. The van der Waals surface area contributed by atoms with Crippen LogP contribution in [0.2, 0.25) is 10.0 Å². The van der Waals surface area contributed by atoms with Crippen LogP contribution in [0.5, 0.6) is 5.75 Å². The zero-order valence-corrected chi connectivity index (χ0v) is 15.5. The number of hydrogen-bond acceptors (Lipinski definition) is 7. The molecule has 3 aromatic rings. The summed E-state index contributed by atoms with van der Waals surface area (Å²) in [5, 5.41) is 1.20. The highest BCUT2D eigenvalue weighted by atomic mass is 35.5. The van der Waals surface area contributed by atoms with E-state index in [4.69, 9.17) is 42.8 Å². The van der Waals surface area contributed by atoms with Crippen molar-refractivity contribution in [1.29, 1.82) is 0 Å². The summed E-state index contributed by atoms with van der Waals surface area (Å²) in [4.78, 5) is 20.6. The number of furan rings is 1. The number of halogens is 2. The van der Waals surface area contributed by atoms with Crippen molar-refractivity contribution in [1.82, 2.24) is 9.97 Å². The average molecular weight is 396 g/mol. The van der Waals surface area contributed by atoms with E-state index < -0.39 is 5.97 Å². The van der Waals surface area contributed by atoms with Crippen LogP contribution in [-0.2, 0) is 11.3 Å². The van der Waals surface area contributed by atoms with Crippen molar-refractivity contribution in [2.24, 2.45) is 0 Å². The molecule has 0 aliphatic heterocycles. The Morgan fingerprint density at radius 2 is 2.08 bits per heavy atom. The Bertz CT molecular complexity index is 988. The molecular formula is C17H15Cl2N3O4. The van der Waals surface area contributed by atoms with Crippen molar-refractivity contribution < 1.29 is 18.7 Å². The van der Waals surface area contributed by atoms with Crippen LogP contribution >= 0.6 is 23.2 Å². The minimum absolute atomic E-state index is 0.00990. The van der Waals surface area contributed by atoms with E-state index in [2.05, 4.69) is 9.97 Å². The van der Waals surface area contributed by atoms with Gasteiger partial charge in [-0.1, -0.05) is 23.2 Å². The lowest BCUT2D eigenvalue weighted by Gasteiger charge is -2.08. The molecule has 0 saturated heterocycles. The second-order valence-corrected chi connectivity index (χ2v) is 6.17. The van der Waals surface area contributed by atoms with Crippen LogP contribution in [0.1, 0.15) is 28.9 Å². The number of rotatable bonds is 5. The lowest BCUT2D eigenvalue weighted by atomic mass is 10.2. The zero-order valence-electron chi connectivity index (χ0n) is 14.0. The molecule has 7 nitrogen and oxygen atoms in total. The summed E-state index contributed by atoms with van der Waals surface area (Å²) in [6, 6.07) is 4.86. The van der Waals surface area contributed by atoms with E-state index in [1.165, 1.54) is 0 Å². The Morgan fingerprint density at radius 1 is 1.31 bits per heavy atom. The summed E-state index contributed by atoms with van der Waals surface area (Å²) in [6.07, 6.45) is 0. The number of anilines is 1. The fourth-order valence-electron chi connectivity index (χ4n) is 2.43. The topological polar surface area (TPSA) is 100 Å². The van der Waals surface area contributed by atoms with Crippen LogP contribution < -0.4 is 10.5 Å². The average Bonchev–Trinajstić information content (AvgIpc) is 2.91. The molecule has 26 heavy (non-hydrogen) atoms. The van der Waals surface area contributed by atoms with Gasteiger partial charge in [-0.3, -0.25) is 0 Å². The minimum Gasteiger partial charge on any atom is -0.484 e. The number of nitrogen functional groups attached to an aromatic ring is 1. The van der Waals surface area contributed by atoms with E-state index in [1.54, 1.807) is 32.0 Å². The van der Waals surface area contributed by atoms with Gasteiger partial charge < -0.3 is 19.6 Å². The highest BCUT2D eigenvalue weighted by molar-refractivity contribution is 6.35. The number of aryl methyl sites for hydroxylation is 1. The molecule has 3 rings (SSSR count). The van der Waals surface area contributed by atoms with Gasteiger partial charge in [0, 0.05) is 5.02 Å². The van der Waals surface area contributed by atoms with Gasteiger partial charge in [0.05, 0.1) is 17.0 Å². The molecule has 2 N–H and O–H groups in total. The molecule has 2 heterocycles. The van der Waals surface area contributed by atoms with Gasteiger partial charge in [0.25, 0.3) is 0 Å². The summed E-state index contributed by atoms with van der Waals surface area (Å²) >= 11 is 11.9. The molecule has 0 aliphatic carbocycles. The summed E-state index contributed by atoms with van der Waals surface area (Å²) in [5.41, 5.74) is 6.43. The molecule has 0 spiro atoms. The third kappa shape index (κ3) is 3.54. The molecule has 0 atom stereocenters. The van der Waals surface area contributed by atoms with Gasteiger partial charge in [0.15, 0.2) is 5.82 Å². The Kier molecular flexibility index (Phi) is 5.20. The molecule has 0 bridgehead atoms. The Labute approximate surface area is 159 Å². The molecule has 0 radical (unpaired) electrons. The highest BCUT2D eigenvalue weighted by Gasteiger charge is 2.24. The Morgan fingerprint density at radius 3 is 2.77 bits per heavy atom. The molecule has 0 fully saturated rings. The first-order valence-electron chi connectivity index (χ1n) is 7.71. The maximum atomic E-state index is 12.1. The molecule has 0 unspecified atom stereocenters. The van der Waals surface area contributed by atoms with Crippen molar-refractivity contribution in [3.05, 3.63) is 45.4 Å². The van der Waals surface area contributed by atoms with E-state index in [1.807, 2.05) is 0 Å². The van der Waals surface area contributed by atoms with E-state index >= 15 is 0 Å². The SMILES string of the molecule is CCOC(=O)c1c(C)oc2nc(COc3ccc(Cl)cc3Cl)nc(N)c12. The van der Waals surface area contributed by atoms with Crippen molar-refractivity contribution in [2.45, 2.75) is 20.5 Å². The Hall–Kier alpha value is -2.51. The number of nitrogens with two attached hydrogens (primary N) is 1. The quantitative estimate of drug-likeness (QED) is 0.646. The summed E-state index contributed by atoms with van der Waals surface area (Å²) < 4.78 is 16.2. The van der Waals surface area contributed by atoms with Crippen molar-refractivity contribution in [3.8, 4) is 5.75 Å². The lowest BCUT2D eigenvalue weighted by molar-refractivity contribution is 0.0526. The fourth-order valence-corrected chi connectivity index (χ4v) is 2.89. The van der Waals surface area contributed by atoms with Crippen molar-refractivity contribution in [3.63, 3.8) is 0 Å². The van der Waals surface area contributed by atoms with Gasteiger partial charge in [-0.15, -0.1) is 0 Å². The predicted molar refractivity (Wildman–Crippen MR) is 97.7 cm³/mol. The number of carbonyl (C=O) groups is 1. The largest absolute Gasteiger partial charge is 0.484 e. The number of esters is 1. The Balaban J connectivity index is 1.90. The molecule has 0 amide bonds. The highest BCUT2D eigenvalue weighted by Crippen LogP contribution is 2.30. The molecule has 2 aromatic heterocycles. The standard InChI is InChI=1S/C17H15Cl2N3O4/c1-3-24-17(23)13-8(2)26-16-14(13)15(20)21-12(22-16)7-25-11-5-4-9(18)6-10(11)19/h4-6H,3,7H2,1-2H3,(H2,20,21,22). The summed E-state index contributed by atoms with van der Waals surface area (Å²) in [5.74, 6) is 0.649. The molecule has 0 aliphatic rings. The number of fused-ring (bicyclic) bond motifs is 1. The molecule has 9 heteroatoms. The number of carbonyl (C=O) groups excluding carboxylic acids is 1. The number of aromatic nitrogens is 2. The first kappa shape index (κ1) is 18.3. The van der Waals surface area contributed by atoms with Gasteiger partial charge in [0.1, 0.15) is 29.5 Å². The smallest absolute Gasteiger partial charge is 0.342 e. The molecule has 1 aromatic carbocycles. The monoisotopic (exact) mass is 395 g/mol. The van der Waals surface area contributed by atoms with E-state index in [-0.39, 0.29) is 36.1 Å². The van der Waals surface area contributed by atoms with Gasteiger partial charge >= 0.3 is 5.97 Å². The zero-order chi connectivity index (χ0) is 18.8. The number of benzene rings is 1. The van der Waals surface area contributed by atoms with E-state index in [0.717, 1.165) is 0 Å². The summed E-state index contributed by atoms with van der Waals surface area (Å²) in [6.45, 7) is 3.60. The number of ether oxygens (including phenoxy) is 2. The fraction of sp³-hybridized carbons (Fsp3) is 0.235. The second kappa shape index (κ2) is 7.39. The number of nitrogens with zero attached hydrogens (tertiary/aromatic N) is 2. The van der Waals surface area contributed by atoms with Crippen LogP contribution in [0, 0.1) is 6.92 Å². The predicted octanol–water partition coefficient (Wildman–Crippen LogP) is 4.18. The van der Waals surface area contributed by atoms with E-state index in [9.17, 15) is 4.79 Å². The lowest BCUT2D eigenvalue weighted by Crippen LogP contribution is -2.08. The van der Waals surface area contributed by atoms with Crippen LogP contribution in [0.25, 0.3) is 11.1 Å². The van der Waals surface area contributed by atoms with Gasteiger partial charge in [-0.05, 0) is 32.0 Å². The van der Waals surface area contributed by atoms with Crippen molar-refractivity contribution >= 4 is 46.1 Å². The second-order valence-electron chi connectivity index (χ2n) is 5.32. The normalized spacial score (nSPS) is 10.9. The molecular weight excluding hydrogens is 381 g/mol. The summed E-state index contributed by atoms with van der Waals surface area (Å²) in [7, 11) is 0. The van der Waals surface area contributed by atoms with Crippen molar-refractivity contribution in [2.75, 3.05) is 12.3 Å². The number of hydrogen-bond donors (Lipinski definition) is 1. The third-order valence-corrected chi connectivity index (χ3v) is 4.06. The maximum absolute atomic E-state index is 12.1. The maximum Gasteiger partial charge on any atom is 0.342 e. The van der Waals surface area contributed by atoms with Gasteiger partial charge in [0.2, 0.25) is 5.71 Å². The minimum atomic E-state index is -0.531. The molecule has 136 valence electrons. The van der Waals surface area contributed by atoms with Crippen LogP contribution in [-0.4, -0.2) is 22.5 Å². The van der Waals surface area contributed by atoms with E-state index in [0.29, 0.717) is 26.9 Å². The third-order valence-electron chi connectivity index (χ3n) is 3.53. The first-order chi connectivity index (χ1) is 12.4. The van der Waals surface area contributed by atoms with Gasteiger partial charge in [-0.25, -0.2) is 9.78 Å². The van der Waals surface area contributed by atoms with Crippen LogP contribution in [0.4, 0.5) is 5.82 Å². The van der Waals surface area contributed by atoms with Crippen LogP contribution in [0.15, 0.2) is 22.6 Å².